The Morgan fingerprint density at radius 1 is 0.897 bits per heavy atom. The third-order valence-corrected chi connectivity index (χ3v) is 11.7. The predicted octanol–water partition coefficient (Wildman–Crippen LogP) is 4.97. The molecule has 2 aromatic rings. The number of hydrogen-bond acceptors (Lipinski definition) is 6. The molecule has 1 aliphatic heterocycles. The highest BCUT2D eigenvalue weighted by atomic mass is 35.5. The number of carbonyl (C=O) groups is 1. The largest absolute Gasteiger partial charge is 0.363 e. The van der Waals surface area contributed by atoms with Gasteiger partial charge in [0.15, 0.2) is 0 Å². The Morgan fingerprint density at radius 3 is 2.13 bits per heavy atom. The minimum Gasteiger partial charge on any atom is -0.363 e. The lowest BCUT2D eigenvalue weighted by Crippen LogP contribution is -2.55. The van der Waals surface area contributed by atoms with Gasteiger partial charge < -0.3 is 10.2 Å². The lowest BCUT2D eigenvalue weighted by Gasteiger charge is -2.54. The van der Waals surface area contributed by atoms with Crippen molar-refractivity contribution in [1.82, 2.24) is 9.62 Å². The van der Waals surface area contributed by atoms with Gasteiger partial charge in [0.05, 0.1) is 19.9 Å². The molecule has 0 aromatic heterocycles. The summed E-state index contributed by atoms with van der Waals surface area (Å²) in [5, 5.41) is 15.7. The van der Waals surface area contributed by atoms with E-state index in [-0.39, 0.29) is 64.3 Å². The molecule has 1 saturated heterocycles. The molecule has 5 aliphatic rings. The van der Waals surface area contributed by atoms with Crippen molar-refractivity contribution in [2.24, 2.45) is 23.7 Å². The SMILES string of the molecule is O=C(NC1C2CC3CC(C2)CC1C3)c1ccc(N2CCN(S(=O)(=O)c3ccc(Cl)c(Cl)c3)CC2)c([N+](=O)[O-])c1. The molecule has 39 heavy (non-hydrogen) atoms. The molecule has 0 radical (unpaired) electrons. The lowest BCUT2D eigenvalue weighted by atomic mass is 9.54. The number of hydrogen-bond donors (Lipinski definition) is 1. The molecule has 7 rings (SSSR count). The summed E-state index contributed by atoms with van der Waals surface area (Å²) >= 11 is 11.9. The maximum atomic E-state index is 13.2. The van der Waals surface area contributed by atoms with Gasteiger partial charge in [-0.1, -0.05) is 23.2 Å². The Kier molecular flexibility index (Phi) is 7.02. The minimum atomic E-state index is -3.80. The van der Waals surface area contributed by atoms with Gasteiger partial charge in [-0.2, -0.15) is 4.31 Å². The fraction of sp³-hybridized carbons (Fsp3) is 0.519. The van der Waals surface area contributed by atoms with Crippen LogP contribution in [0, 0.1) is 33.8 Å². The number of sulfonamides is 1. The third kappa shape index (κ3) is 5.01. The van der Waals surface area contributed by atoms with Crippen LogP contribution in [0.1, 0.15) is 42.5 Å². The van der Waals surface area contributed by atoms with Gasteiger partial charge in [0.25, 0.3) is 11.6 Å². The molecular formula is C27H30Cl2N4O5S. The minimum absolute atomic E-state index is 0.0471. The third-order valence-electron chi connectivity index (χ3n) is 9.07. The summed E-state index contributed by atoms with van der Waals surface area (Å²) in [6.45, 7) is 0.824. The molecule has 5 fully saturated rings. The highest BCUT2D eigenvalue weighted by Gasteiger charge is 2.48. The second-order valence-electron chi connectivity index (χ2n) is 11.4. The average molecular weight is 594 g/mol. The maximum absolute atomic E-state index is 13.2. The topological polar surface area (TPSA) is 113 Å². The molecule has 4 saturated carbocycles. The normalized spacial score (nSPS) is 28.5. The van der Waals surface area contributed by atoms with Crippen LogP contribution in [0.3, 0.4) is 0 Å². The fourth-order valence-electron chi connectivity index (χ4n) is 7.43. The Morgan fingerprint density at radius 2 is 1.54 bits per heavy atom. The van der Waals surface area contributed by atoms with E-state index in [2.05, 4.69) is 5.32 Å². The van der Waals surface area contributed by atoms with E-state index in [0.717, 1.165) is 11.8 Å². The molecule has 12 heteroatoms. The molecule has 9 nitrogen and oxygen atoms in total. The van der Waals surface area contributed by atoms with Gasteiger partial charge in [-0.25, -0.2) is 8.42 Å². The summed E-state index contributed by atoms with van der Waals surface area (Å²) in [7, 11) is -3.80. The first kappa shape index (κ1) is 26.8. The van der Waals surface area contributed by atoms with Crippen LogP contribution in [0.5, 0.6) is 0 Å². The molecule has 1 heterocycles. The lowest BCUT2D eigenvalue weighted by molar-refractivity contribution is -0.384. The van der Waals surface area contributed by atoms with Crippen LogP contribution in [0.4, 0.5) is 11.4 Å². The van der Waals surface area contributed by atoms with Gasteiger partial charge in [-0.05, 0) is 86.1 Å². The smallest absolute Gasteiger partial charge is 0.293 e. The van der Waals surface area contributed by atoms with Gasteiger partial charge >= 0.3 is 0 Å². The zero-order valence-electron chi connectivity index (χ0n) is 21.3. The first-order valence-electron chi connectivity index (χ1n) is 13.4. The number of amides is 1. The first-order valence-corrected chi connectivity index (χ1v) is 15.6. The van der Waals surface area contributed by atoms with E-state index in [1.54, 1.807) is 17.0 Å². The number of anilines is 1. The first-order chi connectivity index (χ1) is 18.6. The summed E-state index contributed by atoms with van der Waals surface area (Å²) in [4.78, 5) is 26.6. The van der Waals surface area contributed by atoms with Crippen molar-refractivity contribution in [3.05, 3.63) is 62.1 Å². The Hall–Kier alpha value is -2.40. The van der Waals surface area contributed by atoms with Crippen LogP contribution in [0.15, 0.2) is 41.3 Å². The molecule has 4 aliphatic carbocycles. The second-order valence-corrected chi connectivity index (χ2v) is 14.1. The average Bonchev–Trinajstić information content (AvgIpc) is 2.91. The van der Waals surface area contributed by atoms with E-state index in [4.69, 9.17) is 23.2 Å². The number of halogens is 2. The monoisotopic (exact) mass is 592 g/mol. The standard InChI is InChI=1S/C27H30Cl2N4O5S/c28-22-3-2-21(15-23(22)29)39(37,38)32-7-5-31(6-8-32)24-4-1-18(14-25(24)33(35)36)27(34)30-26-19-10-16-9-17(12-19)13-20(26)11-16/h1-4,14-17,19-20,26H,5-13H2,(H,30,34). The molecule has 0 spiro atoms. The number of rotatable bonds is 6. The van der Waals surface area contributed by atoms with Crippen LogP contribution >= 0.6 is 23.2 Å². The number of benzene rings is 2. The Bertz CT molecular complexity index is 1400. The van der Waals surface area contributed by atoms with E-state index in [1.165, 1.54) is 60.7 Å². The number of nitro benzene ring substituents is 1. The zero-order chi connectivity index (χ0) is 27.5. The van der Waals surface area contributed by atoms with Gasteiger partial charge in [0.1, 0.15) is 5.69 Å². The van der Waals surface area contributed by atoms with Gasteiger partial charge in [-0.3, -0.25) is 14.9 Å². The van der Waals surface area contributed by atoms with E-state index in [0.29, 0.717) is 17.5 Å². The molecule has 2 aromatic carbocycles. The Balaban J connectivity index is 1.15. The number of nitrogens with one attached hydrogen (secondary N) is 1. The number of nitrogens with zero attached hydrogens (tertiary/aromatic N) is 3. The number of nitro groups is 1. The van der Waals surface area contributed by atoms with Gasteiger partial charge in [0, 0.05) is 43.9 Å². The molecule has 0 unspecified atom stereocenters. The van der Waals surface area contributed by atoms with Gasteiger partial charge in [-0.15, -0.1) is 0 Å². The quantitative estimate of drug-likeness (QED) is 0.374. The van der Waals surface area contributed by atoms with Crippen LogP contribution in [-0.2, 0) is 10.0 Å². The fourth-order valence-corrected chi connectivity index (χ4v) is 9.24. The molecular weight excluding hydrogens is 563 g/mol. The molecule has 1 amide bonds. The van der Waals surface area contributed by atoms with Crippen molar-refractivity contribution < 1.29 is 18.1 Å². The summed E-state index contributed by atoms with van der Waals surface area (Å²) in [6.07, 6.45) is 6.01. The van der Waals surface area contributed by atoms with E-state index in [1.807, 2.05) is 0 Å². The van der Waals surface area contributed by atoms with Crippen molar-refractivity contribution in [3.8, 4) is 0 Å². The van der Waals surface area contributed by atoms with E-state index < -0.39 is 14.9 Å². The van der Waals surface area contributed by atoms with Crippen molar-refractivity contribution in [3.63, 3.8) is 0 Å². The molecule has 4 bridgehead atoms. The van der Waals surface area contributed by atoms with E-state index in [9.17, 15) is 23.3 Å². The zero-order valence-corrected chi connectivity index (χ0v) is 23.6. The molecule has 0 atom stereocenters. The summed E-state index contributed by atoms with van der Waals surface area (Å²) in [6, 6.07) is 8.91. The number of piperazine rings is 1. The van der Waals surface area contributed by atoms with E-state index >= 15 is 0 Å². The number of carbonyl (C=O) groups excluding carboxylic acids is 1. The van der Waals surface area contributed by atoms with Crippen molar-refractivity contribution in [1.29, 1.82) is 0 Å². The highest BCUT2D eigenvalue weighted by Crippen LogP contribution is 2.53. The molecule has 208 valence electrons. The Labute approximate surface area is 237 Å². The van der Waals surface area contributed by atoms with Crippen molar-refractivity contribution in [2.45, 2.75) is 43.0 Å². The summed E-state index contributed by atoms with van der Waals surface area (Å²) in [5.74, 6) is 2.34. The summed E-state index contributed by atoms with van der Waals surface area (Å²) < 4.78 is 27.5. The van der Waals surface area contributed by atoms with Crippen LogP contribution in [0.2, 0.25) is 10.0 Å². The van der Waals surface area contributed by atoms with Crippen molar-refractivity contribution in [2.75, 3.05) is 31.1 Å². The summed E-state index contributed by atoms with van der Waals surface area (Å²) in [5.41, 5.74) is 0.492. The van der Waals surface area contributed by atoms with Crippen LogP contribution in [-0.4, -0.2) is 55.8 Å². The maximum Gasteiger partial charge on any atom is 0.293 e. The second kappa shape index (κ2) is 10.2. The molecule has 1 N–H and O–H groups in total. The predicted molar refractivity (Wildman–Crippen MR) is 149 cm³/mol. The van der Waals surface area contributed by atoms with Crippen LogP contribution < -0.4 is 10.2 Å². The van der Waals surface area contributed by atoms with Gasteiger partial charge in [0.2, 0.25) is 10.0 Å². The highest BCUT2D eigenvalue weighted by molar-refractivity contribution is 7.89. The van der Waals surface area contributed by atoms with Crippen LogP contribution in [0.25, 0.3) is 0 Å². The van der Waals surface area contributed by atoms with Crippen molar-refractivity contribution >= 4 is 50.5 Å².